The van der Waals surface area contributed by atoms with E-state index in [0.29, 0.717) is 0 Å². The van der Waals surface area contributed by atoms with E-state index in [1.807, 2.05) is 0 Å². The van der Waals surface area contributed by atoms with Crippen molar-refractivity contribution in [2.45, 2.75) is 91.9 Å². The number of benzene rings is 2. The zero-order valence-electron chi connectivity index (χ0n) is 17.7. The first kappa shape index (κ1) is 21.0. The minimum absolute atomic E-state index is 0.842. The summed E-state index contributed by atoms with van der Waals surface area (Å²) in [6.45, 7) is 9.34. The first-order valence-corrected chi connectivity index (χ1v) is 11.1. The number of unbranched alkanes of at least 4 members (excludes halogenated alkanes) is 4. The molecule has 2 rings (SSSR count). The molecule has 26 heavy (non-hydrogen) atoms. The fourth-order valence-corrected chi connectivity index (χ4v) is 3.99. The van der Waals surface area contributed by atoms with E-state index in [2.05, 4.69) is 64.1 Å². The normalized spacial score (nSPS) is 11.8. The topological polar surface area (TPSA) is 0 Å². The zero-order chi connectivity index (χ0) is 18.8. The van der Waals surface area contributed by atoms with Crippen LogP contribution in [0.15, 0.2) is 36.4 Å². The maximum absolute atomic E-state index is 2.41. The first-order chi connectivity index (χ1) is 12.6. The highest BCUT2D eigenvalue weighted by molar-refractivity contribution is 5.86. The molecule has 0 aromatic heterocycles. The number of rotatable bonds is 12. The highest BCUT2D eigenvalue weighted by atomic mass is 14.1. The van der Waals surface area contributed by atoms with Gasteiger partial charge < -0.3 is 0 Å². The summed E-state index contributed by atoms with van der Waals surface area (Å²) in [7, 11) is 0. The third-order valence-corrected chi connectivity index (χ3v) is 5.57. The average Bonchev–Trinajstić information content (AvgIpc) is 2.61. The molecule has 0 unspecified atom stereocenters. The molecule has 0 aliphatic heterocycles. The zero-order valence-corrected chi connectivity index (χ0v) is 17.7. The fraction of sp³-hybridized carbons (Fsp3) is 0.615. The quantitative estimate of drug-likeness (QED) is 0.337. The van der Waals surface area contributed by atoms with E-state index in [-0.39, 0.29) is 0 Å². The van der Waals surface area contributed by atoms with Crippen molar-refractivity contribution in [1.82, 2.24) is 0 Å². The number of aryl methyl sites for hydroxylation is 2. The van der Waals surface area contributed by atoms with Gasteiger partial charge in [-0.25, -0.2) is 0 Å². The average molecular weight is 353 g/mol. The van der Waals surface area contributed by atoms with E-state index in [1.165, 1.54) is 75.0 Å². The van der Waals surface area contributed by atoms with Crippen LogP contribution in [0.3, 0.4) is 0 Å². The van der Waals surface area contributed by atoms with E-state index in [1.54, 1.807) is 11.1 Å². The van der Waals surface area contributed by atoms with Crippen molar-refractivity contribution in [2.75, 3.05) is 0 Å². The Morgan fingerprint density at radius 3 is 1.88 bits per heavy atom. The van der Waals surface area contributed by atoms with Crippen molar-refractivity contribution in [3.63, 3.8) is 0 Å². The van der Waals surface area contributed by atoms with Gasteiger partial charge in [0.2, 0.25) is 0 Å². The van der Waals surface area contributed by atoms with E-state index >= 15 is 0 Å². The molecule has 0 aliphatic carbocycles. The van der Waals surface area contributed by atoms with E-state index in [4.69, 9.17) is 0 Å². The second kappa shape index (κ2) is 11.4. The molecule has 0 saturated heterocycles. The Kier molecular flexibility index (Phi) is 9.23. The van der Waals surface area contributed by atoms with Crippen molar-refractivity contribution in [1.29, 1.82) is 0 Å². The van der Waals surface area contributed by atoms with Crippen LogP contribution in [0.5, 0.6) is 0 Å². The molecular formula is C26H40. The first-order valence-electron chi connectivity index (χ1n) is 11.1. The maximum atomic E-state index is 2.41. The molecule has 2 aromatic rings. The molecule has 0 amide bonds. The van der Waals surface area contributed by atoms with Gasteiger partial charge in [0.05, 0.1) is 0 Å². The van der Waals surface area contributed by atoms with Gasteiger partial charge >= 0.3 is 0 Å². The predicted octanol–water partition coefficient (Wildman–Crippen LogP) is 8.36. The van der Waals surface area contributed by atoms with Crippen molar-refractivity contribution < 1.29 is 0 Å². The third kappa shape index (κ3) is 7.14. The van der Waals surface area contributed by atoms with Crippen molar-refractivity contribution in [3.05, 3.63) is 47.5 Å². The van der Waals surface area contributed by atoms with Crippen LogP contribution in [-0.4, -0.2) is 0 Å². The van der Waals surface area contributed by atoms with Crippen LogP contribution in [0.1, 0.15) is 90.2 Å². The van der Waals surface area contributed by atoms with Crippen LogP contribution in [0.2, 0.25) is 0 Å². The minimum Gasteiger partial charge on any atom is -0.0628 e. The van der Waals surface area contributed by atoms with E-state index in [9.17, 15) is 0 Å². The molecule has 0 bridgehead atoms. The number of fused-ring (bicyclic) bond motifs is 1. The van der Waals surface area contributed by atoms with Crippen LogP contribution in [0.25, 0.3) is 10.8 Å². The molecule has 0 atom stereocenters. The Morgan fingerprint density at radius 1 is 0.615 bits per heavy atom. The second-order valence-electron chi connectivity index (χ2n) is 8.91. The molecule has 2 aromatic carbocycles. The lowest BCUT2D eigenvalue weighted by Gasteiger charge is -2.14. The molecular weight excluding hydrogens is 312 g/mol. The highest BCUT2D eigenvalue weighted by Gasteiger charge is 2.08. The van der Waals surface area contributed by atoms with Crippen LogP contribution in [0, 0.1) is 11.8 Å². The lowest BCUT2D eigenvalue weighted by molar-refractivity contribution is 0.524. The minimum atomic E-state index is 0.842. The molecule has 0 aliphatic rings. The smallest absolute Gasteiger partial charge is 0.0149 e. The van der Waals surface area contributed by atoms with Gasteiger partial charge in [-0.05, 0) is 59.4 Å². The van der Waals surface area contributed by atoms with Gasteiger partial charge in [-0.15, -0.1) is 0 Å². The standard InChI is InChI=1S/C26H40/c1-21(2)13-7-5-9-15-23-19-20-24-16-11-12-18-26(24)25(23)17-10-6-8-14-22(3)4/h11-12,16,18-22H,5-10,13-15,17H2,1-4H3. The van der Waals surface area contributed by atoms with E-state index < -0.39 is 0 Å². The summed E-state index contributed by atoms with van der Waals surface area (Å²) in [5.74, 6) is 1.69. The van der Waals surface area contributed by atoms with Gasteiger partial charge in [0.25, 0.3) is 0 Å². The van der Waals surface area contributed by atoms with Gasteiger partial charge in [0.15, 0.2) is 0 Å². The predicted molar refractivity (Wildman–Crippen MR) is 118 cm³/mol. The molecule has 0 radical (unpaired) electrons. The van der Waals surface area contributed by atoms with Crippen LogP contribution >= 0.6 is 0 Å². The molecule has 0 saturated carbocycles. The molecule has 0 heterocycles. The SMILES string of the molecule is CC(C)CCCCCc1ccc2ccccc2c1CCCCCC(C)C. The Morgan fingerprint density at radius 2 is 1.23 bits per heavy atom. The van der Waals surface area contributed by atoms with Crippen molar-refractivity contribution in [2.24, 2.45) is 11.8 Å². The van der Waals surface area contributed by atoms with Crippen LogP contribution in [-0.2, 0) is 12.8 Å². The molecule has 0 N–H and O–H groups in total. The lowest BCUT2D eigenvalue weighted by Crippen LogP contribution is -1.98. The van der Waals surface area contributed by atoms with Crippen LogP contribution in [0.4, 0.5) is 0 Å². The van der Waals surface area contributed by atoms with Gasteiger partial charge in [-0.3, -0.25) is 0 Å². The monoisotopic (exact) mass is 352 g/mol. The van der Waals surface area contributed by atoms with Crippen molar-refractivity contribution in [3.8, 4) is 0 Å². The third-order valence-electron chi connectivity index (χ3n) is 5.57. The highest BCUT2D eigenvalue weighted by Crippen LogP contribution is 2.26. The van der Waals surface area contributed by atoms with Gasteiger partial charge in [0, 0.05) is 0 Å². The Labute approximate surface area is 162 Å². The largest absolute Gasteiger partial charge is 0.0628 e. The summed E-state index contributed by atoms with van der Waals surface area (Å²) in [6.07, 6.45) is 13.4. The molecule has 144 valence electrons. The lowest BCUT2D eigenvalue weighted by atomic mass is 9.91. The molecule has 0 fully saturated rings. The second-order valence-corrected chi connectivity index (χ2v) is 8.91. The summed E-state index contributed by atoms with van der Waals surface area (Å²) in [5, 5.41) is 2.91. The molecule has 0 spiro atoms. The van der Waals surface area contributed by atoms with Gasteiger partial charge in [-0.1, -0.05) is 103 Å². The Hall–Kier alpha value is -1.30. The molecule has 0 heteroatoms. The van der Waals surface area contributed by atoms with Crippen LogP contribution < -0.4 is 0 Å². The molecule has 0 nitrogen and oxygen atoms in total. The van der Waals surface area contributed by atoms with Crippen molar-refractivity contribution >= 4 is 10.8 Å². The number of hydrogen-bond donors (Lipinski definition) is 0. The summed E-state index contributed by atoms with van der Waals surface area (Å²) < 4.78 is 0. The Balaban J connectivity index is 1.98. The number of hydrogen-bond acceptors (Lipinski definition) is 0. The van der Waals surface area contributed by atoms with Gasteiger partial charge in [0.1, 0.15) is 0 Å². The van der Waals surface area contributed by atoms with Gasteiger partial charge in [-0.2, -0.15) is 0 Å². The maximum Gasteiger partial charge on any atom is -0.0149 e. The summed E-state index contributed by atoms with van der Waals surface area (Å²) in [4.78, 5) is 0. The fourth-order valence-electron chi connectivity index (χ4n) is 3.99. The summed E-state index contributed by atoms with van der Waals surface area (Å²) in [6, 6.07) is 13.7. The summed E-state index contributed by atoms with van der Waals surface area (Å²) >= 11 is 0. The Bertz CT molecular complexity index is 636. The van der Waals surface area contributed by atoms with E-state index in [0.717, 1.165) is 11.8 Å². The summed E-state index contributed by atoms with van der Waals surface area (Å²) in [5.41, 5.74) is 3.24.